The third-order valence-electron chi connectivity index (χ3n) is 2.61. The predicted octanol–water partition coefficient (Wildman–Crippen LogP) is 2.55. The topological polar surface area (TPSA) is 29.1 Å². The standard InChI is InChI=1S/C12H10F3NO/c13-7-5-8(14)11(9(15)6-7)12(17)10-3-1-2-4-16-10/h2,4-6,10,16H,1,3H2. The van der Waals surface area contributed by atoms with Crippen LogP contribution < -0.4 is 5.32 Å². The number of Topliss-reactive ketones (excluding diaryl/α,β-unsaturated/α-hetero) is 1. The summed E-state index contributed by atoms with van der Waals surface area (Å²) in [5.41, 5.74) is -0.681. The Kier molecular flexibility index (Phi) is 3.17. The molecule has 0 spiro atoms. The molecule has 0 fully saturated rings. The van der Waals surface area contributed by atoms with Crippen LogP contribution in [0.5, 0.6) is 0 Å². The molecule has 90 valence electrons. The number of hydrogen-bond donors (Lipinski definition) is 1. The van der Waals surface area contributed by atoms with E-state index in [1.807, 2.05) is 6.08 Å². The van der Waals surface area contributed by atoms with Crippen LogP contribution >= 0.6 is 0 Å². The van der Waals surface area contributed by atoms with Crippen LogP contribution in [0.1, 0.15) is 23.2 Å². The van der Waals surface area contributed by atoms with Gasteiger partial charge in [-0.3, -0.25) is 4.79 Å². The van der Waals surface area contributed by atoms with Crippen LogP contribution in [0.25, 0.3) is 0 Å². The molecule has 1 aliphatic rings. The van der Waals surface area contributed by atoms with Gasteiger partial charge in [0, 0.05) is 12.1 Å². The van der Waals surface area contributed by atoms with Gasteiger partial charge in [0.15, 0.2) is 5.78 Å². The predicted molar refractivity (Wildman–Crippen MR) is 55.9 cm³/mol. The second-order valence-corrected chi connectivity index (χ2v) is 3.81. The molecule has 0 aromatic heterocycles. The minimum absolute atomic E-state index is 0.464. The average Bonchev–Trinajstić information content (AvgIpc) is 2.28. The van der Waals surface area contributed by atoms with Crippen LogP contribution in [0.4, 0.5) is 13.2 Å². The number of carbonyl (C=O) groups is 1. The number of ketones is 1. The summed E-state index contributed by atoms with van der Waals surface area (Å²) in [4.78, 5) is 11.9. The largest absolute Gasteiger partial charge is 0.381 e. The summed E-state index contributed by atoms with van der Waals surface area (Å²) in [6.45, 7) is 0. The molecule has 1 atom stereocenters. The Balaban J connectivity index is 2.33. The van der Waals surface area contributed by atoms with Gasteiger partial charge in [-0.15, -0.1) is 0 Å². The molecule has 0 saturated heterocycles. The van der Waals surface area contributed by atoms with Crippen LogP contribution in [-0.4, -0.2) is 11.8 Å². The Morgan fingerprint density at radius 2 is 1.88 bits per heavy atom. The molecule has 17 heavy (non-hydrogen) atoms. The lowest BCUT2D eigenvalue weighted by molar-refractivity contribution is 0.0935. The molecule has 1 aromatic rings. The summed E-state index contributed by atoms with van der Waals surface area (Å²) in [6.07, 6.45) is 4.52. The van der Waals surface area contributed by atoms with Crippen molar-refractivity contribution in [3.8, 4) is 0 Å². The second-order valence-electron chi connectivity index (χ2n) is 3.81. The van der Waals surface area contributed by atoms with Crippen molar-refractivity contribution in [2.45, 2.75) is 18.9 Å². The molecule has 0 aliphatic carbocycles. The van der Waals surface area contributed by atoms with Gasteiger partial charge in [0.25, 0.3) is 0 Å². The van der Waals surface area contributed by atoms with Crippen LogP contribution in [0.15, 0.2) is 24.4 Å². The fourth-order valence-electron chi connectivity index (χ4n) is 1.77. The average molecular weight is 241 g/mol. The number of rotatable bonds is 2. The number of halogens is 3. The number of carbonyl (C=O) groups excluding carboxylic acids is 1. The molecular weight excluding hydrogens is 231 g/mol. The van der Waals surface area contributed by atoms with Gasteiger partial charge in [-0.2, -0.15) is 0 Å². The van der Waals surface area contributed by atoms with Crippen molar-refractivity contribution in [2.24, 2.45) is 0 Å². The van der Waals surface area contributed by atoms with Gasteiger partial charge in [-0.25, -0.2) is 13.2 Å². The van der Waals surface area contributed by atoms with Gasteiger partial charge in [0.2, 0.25) is 0 Å². The molecule has 1 aromatic carbocycles. The Labute approximate surface area is 96.1 Å². The molecule has 1 heterocycles. The van der Waals surface area contributed by atoms with E-state index in [0.717, 1.165) is 0 Å². The molecule has 2 nitrogen and oxygen atoms in total. The molecule has 0 radical (unpaired) electrons. The zero-order chi connectivity index (χ0) is 12.4. The molecule has 0 amide bonds. The summed E-state index contributed by atoms with van der Waals surface area (Å²) in [5.74, 6) is -4.05. The Morgan fingerprint density at radius 3 is 2.41 bits per heavy atom. The van der Waals surface area contributed by atoms with E-state index in [-0.39, 0.29) is 0 Å². The zero-order valence-corrected chi connectivity index (χ0v) is 8.84. The normalized spacial score (nSPS) is 18.9. The van der Waals surface area contributed by atoms with Crippen LogP contribution in [-0.2, 0) is 0 Å². The van der Waals surface area contributed by atoms with Crippen LogP contribution in [0.3, 0.4) is 0 Å². The van der Waals surface area contributed by atoms with Crippen molar-refractivity contribution < 1.29 is 18.0 Å². The highest BCUT2D eigenvalue weighted by Crippen LogP contribution is 2.19. The van der Waals surface area contributed by atoms with Crippen molar-refractivity contribution in [3.63, 3.8) is 0 Å². The fourth-order valence-corrected chi connectivity index (χ4v) is 1.77. The first-order valence-corrected chi connectivity index (χ1v) is 5.19. The quantitative estimate of drug-likeness (QED) is 0.806. The molecule has 1 aliphatic heterocycles. The van der Waals surface area contributed by atoms with E-state index in [4.69, 9.17) is 0 Å². The van der Waals surface area contributed by atoms with E-state index in [0.29, 0.717) is 25.0 Å². The molecule has 1 unspecified atom stereocenters. The van der Waals surface area contributed by atoms with E-state index in [1.54, 1.807) is 6.20 Å². The fraction of sp³-hybridized carbons (Fsp3) is 0.250. The summed E-state index contributed by atoms with van der Waals surface area (Å²) in [6, 6.07) is 0.360. The minimum Gasteiger partial charge on any atom is -0.381 e. The lowest BCUT2D eigenvalue weighted by Crippen LogP contribution is -2.36. The number of allylic oxidation sites excluding steroid dienone is 1. The van der Waals surface area contributed by atoms with Crippen molar-refractivity contribution in [1.29, 1.82) is 0 Å². The van der Waals surface area contributed by atoms with Crippen molar-refractivity contribution in [1.82, 2.24) is 5.32 Å². The number of nitrogens with one attached hydrogen (secondary N) is 1. The molecule has 0 saturated carbocycles. The van der Waals surface area contributed by atoms with Crippen molar-refractivity contribution in [3.05, 3.63) is 47.4 Å². The molecule has 1 N–H and O–H groups in total. The maximum absolute atomic E-state index is 13.4. The zero-order valence-electron chi connectivity index (χ0n) is 8.84. The maximum atomic E-state index is 13.4. The number of hydrogen-bond acceptors (Lipinski definition) is 2. The summed E-state index contributed by atoms with van der Waals surface area (Å²) in [7, 11) is 0. The van der Waals surface area contributed by atoms with Gasteiger partial charge in [0.05, 0.1) is 11.6 Å². The van der Waals surface area contributed by atoms with E-state index in [1.165, 1.54) is 0 Å². The Hall–Kier alpha value is -1.78. The van der Waals surface area contributed by atoms with E-state index in [2.05, 4.69) is 5.32 Å². The minimum atomic E-state index is -1.16. The highest BCUT2D eigenvalue weighted by Gasteiger charge is 2.26. The van der Waals surface area contributed by atoms with Gasteiger partial charge in [0.1, 0.15) is 17.5 Å². The lowest BCUT2D eigenvalue weighted by atomic mass is 9.98. The smallest absolute Gasteiger partial charge is 0.190 e. The van der Waals surface area contributed by atoms with Gasteiger partial charge in [-0.05, 0) is 19.0 Å². The summed E-state index contributed by atoms with van der Waals surface area (Å²) < 4.78 is 39.4. The second kappa shape index (κ2) is 4.61. The SMILES string of the molecule is O=C(c1c(F)cc(F)cc1F)C1CCC=CN1. The van der Waals surface area contributed by atoms with Crippen molar-refractivity contribution in [2.75, 3.05) is 0 Å². The van der Waals surface area contributed by atoms with Crippen LogP contribution in [0, 0.1) is 17.5 Å². The highest BCUT2D eigenvalue weighted by atomic mass is 19.1. The monoisotopic (exact) mass is 241 g/mol. The first-order chi connectivity index (χ1) is 8.09. The Morgan fingerprint density at radius 1 is 1.24 bits per heavy atom. The van der Waals surface area contributed by atoms with E-state index in [9.17, 15) is 18.0 Å². The first kappa shape index (κ1) is 11.7. The molecular formula is C12H10F3NO. The highest BCUT2D eigenvalue weighted by molar-refractivity contribution is 6.00. The Bertz CT molecular complexity index is 462. The molecule has 5 heteroatoms. The van der Waals surface area contributed by atoms with Crippen molar-refractivity contribution >= 4 is 5.78 Å². The molecule has 0 bridgehead atoms. The van der Waals surface area contributed by atoms with Gasteiger partial charge < -0.3 is 5.32 Å². The summed E-state index contributed by atoms with van der Waals surface area (Å²) in [5, 5.41) is 2.73. The maximum Gasteiger partial charge on any atom is 0.190 e. The van der Waals surface area contributed by atoms with Gasteiger partial charge >= 0.3 is 0 Å². The lowest BCUT2D eigenvalue weighted by Gasteiger charge is -2.19. The number of benzene rings is 1. The molecule has 2 rings (SSSR count). The third kappa shape index (κ3) is 2.33. The first-order valence-electron chi connectivity index (χ1n) is 5.19. The van der Waals surface area contributed by atoms with Gasteiger partial charge in [-0.1, -0.05) is 6.08 Å². The van der Waals surface area contributed by atoms with E-state index < -0.39 is 34.8 Å². The van der Waals surface area contributed by atoms with E-state index >= 15 is 0 Å². The van der Waals surface area contributed by atoms with Crippen LogP contribution in [0.2, 0.25) is 0 Å². The summed E-state index contributed by atoms with van der Waals surface area (Å²) >= 11 is 0. The third-order valence-corrected chi connectivity index (χ3v) is 2.61.